The summed E-state index contributed by atoms with van der Waals surface area (Å²) in [4.78, 5) is 25.2. The first-order valence-electron chi connectivity index (χ1n) is 9.00. The molecule has 6 heteroatoms. The van der Waals surface area contributed by atoms with Crippen LogP contribution in [0.3, 0.4) is 0 Å². The van der Waals surface area contributed by atoms with Gasteiger partial charge in [-0.1, -0.05) is 48.5 Å². The highest BCUT2D eigenvalue weighted by atomic mass is 79.9. The zero-order chi connectivity index (χ0) is 21.1. The second kappa shape index (κ2) is 8.81. The van der Waals surface area contributed by atoms with Gasteiger partial charge in [0.15, 0.2) is 0 Å². The molecule has 0 heterocycles. The Morgan fingerprint density at radius 2 is 0.933 bits per heavy atom. The Bertz CT molecular complexity index is 1170. The summed E-state index contributed by atoms with van der Waals surface area (Å²) in [5.74, 6) is -0.199. The van der Waals surface area contributed by atoms with Gasteiger partial charge in [-0.25, -0.2) is 9.59 Å². The quantitative estimate of drug-likeness (QED) is 0.217. The molecule has 4 nitrogen and oxygen atoms in total. The summed E-state index contributed by atoms with van der Waals surface area (Å²) in [6.45, 7) is 0. The molecule has 4 rings (SSSR count). The summed E-state index contributed by atoms with van der Waals surface area (Å²) in [6.07, 6.45) is 0. The average Bonchev–Trinajstić information content (AvgIpc) is 2.75. The Morgan fingerprint density at radius 3 is 1.33 bits per heavy atom. The fourth-order valence-electron chi connectivity index (χ4n) is 2.99. The molecule has 0 unspecified atom stereocenters. The second-order valence-corrected chi connectivity index (χ2v) is 8.05. The molecule has 4 aromatic carbocycles. The van der Waals surface area contributed by atoms with Gasteiger partial charge in [0.2, 0.25) is 0 Å². The van der Waals surface area contributed by atoms with Crippen LogP contribution >= 0.6 is 31.9 Å². The van der Waals surface area contributed by atoms with Gasteiger partial charge in [-0.2, -0.15) is 0 Å². The Balaban J connectivity index is 1.67. The Kier molecular flexibility index (Phi) is 5.97. The van der Waals surface area contributed by atoms with Crippen LogP contribution in [0.25, 0.3) is 10.8 Å². The van der Waals surface area contributed by atoms with Crippen LogP contribution in [-0.4, -0.2) is 11.9 Å². The van der Waals surface area contributed by atoms with Crippen LogP contribution in [0.2, 0.25) is 0 Å². The van der Waals surface area contributed by atoms with Crippen molar-refractivity contribution in [2.45, 2.75) is 0 Å². The highest BCUT2D eigenvalue weighted by Crippen LogP contribution is 2.33. The summed E-state index contributed by atoms with van der Waals surface area (Å²) in [5, 5.41) is 1.32. The molecule has 0 spiro atoms. The van der Waals surface area contributed by atoms with Crippen LogP contribution in [0.15, 0.2) is 93.9 Å². The maximum atomic E-state index is 12.6. The molecule has 0 atom stereocenters. The van der Waals surface area contributed by atoms with Crippen LogP contribution in [0, 0.1) is 0 Å². The second-order valence-electron chi connectivity index (χ2n) is 6.35. The lowest BCUT2D eigenvalue weighted by Crippen LogP contribution is -2.10. The van der Waals surface area contributed by atoms with E-state index in [0.717, 1.165) is 0 Å². The molecule has 4 aromatic rings. The van der Waals surface area contributed by atoms with Crippen LogP contribution in [-0.2, 0) is 0 Å². The molecule has 0 aromatic heterocycles. The third-order valence-corrected chi connectivity index (χ3v) is 5.82. The van der Waals surface area contributed by atoms with E-state index in [9.17, 15) is 9.59 Å². The molecule has 0 bridgehead atoms. The lowest BCUT2D eigenvalue weighted by molar-refractivity contribution is 0.0724. The number of hydrogen-bond acceptors (Lipinski definition) is 4. The Morgan fingerprint density at radius 1 is 0.533 bits per heavy atom. The third kappa shape index (κ3) is 4.15. The maximum Gasteiger partial charge on any atom is 0.344 e. The first-order valence-corrected chi connectivity index (χ1v) is 10.6. The van der Waals surface area contributed by atoms with Crippen molar-refractivity contribution >= 4 is 54.6 Å². The smallest absolute Gasteiger partial charge is 0.344 e. The van der Waals surface area contributed by atoms with E-state index in [1.807, 2.05) is 24.3 Å². The SMILES string of the molecule is O=C(Oc1cccc2c(OC(=O)c3ccccc3Br)cccc12)c1ccccc1Br. The van der Waals surface area contributed by atoms with E-state index in [-0.39, 0.29) is 0 Å². The van der Waals surface area contributed by atoms with Crippen molar-refractivity contribution in [2.24, 2.45) is 0 Å². The normalized spacial score (nSPS) is 10.6. The number of hydrogen-bond donors (Lipinski definition) is 0. The largest absolute Gasteiger partial charge is 0.422 e. The average molecular weight is 526 g/mol. The van der Waals surface area contributed by atoms with Gasteiger partial charge < -0.3 is 9.47 Å². The zero-order valence-electron chi connectivity index (χ0n) is 15.5. The van der Waals surface area contributed by atoms with Crippen LogP contribution in [0.4, 0.5) is 0 Å². The predicted octanol–water partition coefficient (Wildman–Crippen LogP) is 6.80. The first-order chi connectivity index (χ1) is 14.5. The van der Waals surface area contributed by atoms with E-state index in [1.54, 1.807) is 60.7 Å². The summed E-state index contributed by atoms with van der Waals surface area (Å²) in [6, 6.07) is 24.6. The number of carbonyl (C=O) groups excluding carboxylic acids is 2. The van der Waals surface area contributed by atoms with Gasteiger partial charge in [0.1, 0.15) is 11.5 Å². The highest BCUT2D eigenvalue weighted by Gasteiger charge is 2.17. The number of rotatable bonds is 4. The minimum Gasteiger partial charge on any atom is -0.422 e. The number of esters is 2. The molecule has 0 amide bonds. The lowest BCUT2D eigenvalue weighted by Gasteiger charge is -2.12. The Labute approximate surface area is 189 Å². The molecule has 0 aliphatic heterocycles. The number of benzene rings is 4. The van der Waals surface area contributed by atoms with Crippen molar-refractivity contribution in [3.63, 3.8) is 0 Å². The van der Waals surface area contributed by atoms with Crippen molar-refractivity contribution in [3.05, 3.63) is 105 Å². The van der Waals surface area contributed by atoms with E-state index in [0.29, 0.717) is 42.3 Å². The molecule has 0 aliphatic rings. The zero-order valence-corrected chi connectivity index (χ0v) is 18.6. The van der Waals surface area contributed by atoms with E-state index in [4.69, 9.17) is 9.47 Å². The summed E-state index contributed by atoms with van der Waals surface area (Å²) in [5.41, 5.74) is 0.844. The first kappa shape index (κ1) is 20.3. The number of ether oxygens (including phenoxy) is 2. The fourth-order valence-corrected chi connectivity index (χ4v) is 3.89. The van der Waals surface area contributed by atoms with Crippen LogP contribution in [0.5, 0.6) is 11.5 Å². The molecular formula is C24H14Br2O4. The number of carbonyl (C=O) groups is 2. The Hall–Kier alpha value is -2.96. The van der Waals surface area contributed by atoms with E-state index >= 15 is 0 Å². The summed E-state index contributed by atoms with van der Waals surface area (Å²) < 4.78 is 12.6. The molecule has 148 valence electrons. The van der Waals surface area contributed by atoms with Crippen LogP contribution < -0.4 is 9.47 Å². The summed E-state index contributed by atoms with van der Waals surface area (Å²) >= 11 is 6.73. The van der Waals surface area contributed by atoms with Gasteiger partial charge >= 0.3 is 11.9 Å². The minimum atomic E-state index is -0.481. The third-order valence-electron chi connectivity index (χ3n) is 4.43. The highest BCUT2D eigenvalue weighted by molar-refractivity contribution is 9.10. The standard InChI is InChI=1S/C24H14Br2O4/c25-19-11-3-1-7-17(19)23(27)29-21-13-5-10-16-15(21)9-6-14-22(16)30-24(28)18-8-2-4-12-20(18)26/h1-14H. The van der Waals surface area contributed by atoms with Crippen molar-refractivity contribution < 1.29 is 19.1 Å². The van der Waals surface area contributed by atoms with Crippen molar-refractivity contribution in [3.8, 4) is 11.5 Å². The predicted molar refractivity (Wildman–Crippen MR) is 122 cm³/mol. The molecule has 0 aliphatic carbocycles. The van der Waals surface area contributed by atoms with Gasteiger partial charge in [0.05, 0.1) is 11.1 Å². The van der Waals surface area contributed by atoms with Gasteiger partial charge in [0, 0.05) is 19.7 Å². The van der Waals surface area contributed by atoms with Gasteiger partial charge in [-0.15, -0.1) is 0 Å². The van der Waals surface area contributed by atoms with Crippen molar-refractivity contribution in [1.82, 2.24) is 0 Å². The minimum absolute atomic E-state index is 0.382. The van der Waals surface area contributed by atoms with E-state index in [1.165, 1.54) is 0 Å². The molecule has 0 radical (unpaired) electrons. The molecule has 0 saturated heterocycles. The van der Waals surface area contributed by atoms with Gasteiger partial charge in [-0.05, 0) is 68.3 Å². The molecular weight excluding hydrogens is 512 g/mol. The van der Waals surface area contributed by atoms with Gasteiger partial charge in [0.25, 0.3) is 0 Å². The van der Waals surface area contributed by atoms with E-state index < -0.39 is 11.9 Å². The van der Waals surface area contributed by atoms with Crippen molar-refractivity contribution in [1.29, 1.82) is 0 Å². The molecule has 0 N–H and O–H groups in total. The number of halogens is 2. The lowest BCUT2D eigenvalue weighted by atomic mass is 10.1. The van der Waals surface area contributed by atoms with Gasteiger partial charge in [-0.3, -0.25) is 0 Å². The molecule has 0 saturated carbocycles. The maximum absolute atomic E-state index is 12.6. The van der Waals surface area contributed by atoms with Crippen molar-refractivity contribution in [2.75, 3.05) is 0 Å². The number of fused-ring (bicyclic) bond motifs is 1. The molecule has 30 heavy (non-hydrogen) atoms. The summed E-state index contributed by atoms with van der Waals surface area (Å²) in [7, 11) is 0. The fraction of sp³-hybridized carbons (Fsp3) is 0. The van der Waals surface area contributed by atoms with E-state index in [2.05, 4.69) is 31.9 Å². The topological polar surface area (TPSA) is 52.6 Å². The monoisotopic (exact) mass is 524 g/mol. The van der Waals surface area contributed by atoms with Crippen LogP contribution in [0.1, 0.15) is 20.7 Å². The molecule has 0 fully saturated rings.